The van der Waals surface area contributed by atoms with E-state index in [1.807, 2.05) is 13.8 Å². The van der Waals surface area contributed by atoms with Crippen molar-refractivity contribution >= 4 is 5.78 Å². The summed E-state index contributed by atoms with van der Waals surface area (Å²) in [4.78, 5) is 12.6. The topological polar surface area (TPSA) is 26.3 Å². The number of hydrogen-bond donors (Lipinski definition) is 0. The zero-order chi connectivity index (χ0) is 23.9. The fourth-order valence-corrected chi connectivity index (χ4v) is 8.92. The predicted molar refractivity (Wildman–Crippen MR) is 129 cm³/mol. The molecule has 5 heteroatoms. The smallest absolute Gasteiger partial charge is 0.377 e. The standard InChI is InChI=1S/C25H39F3O2.C2H6.CH4/c1-15(22(29)14-30-4)19-7-8-20-18-6-5-16-13-17(25(26,27)28)9-11-23(16,2)21(18)10-12-24(19,20)3;1-2;/h15-21H,5-14H2,1-4H3;1-2H3;1H4/t15?,16-,17+,18+,19?,20?,21?,23+,24?;;/m1../s1. The van der Waals surface area contributed by atoms with Crippen molar-refractivity contribution in [2.24, 2.45) is 52.3 Å². The van der Waals surface area contributed by atoms with Gasteiger partial charge in [-0.25, -0.2) is 0 Å². The predicted octanol–water partition coefficient (Wildman–Crippen LogP) is 8.34. The normalized spacial score (nSPS) is 43.1. The summed E-state index contributed by atoms with van der Waals surface area (Å²) in [5.74, 6) is 1.61. The molecule has 0 aromatic carbocycles. The highest BCUT2D eigenvalue weighted by Gasteiger charge is 2.62. The number of rotatable bonds is 4. The number of ether oxygens (including phenoxy) is 1. The van der Waals surface area contributed by atoms with Crippen LogP contribution in [-0.2, 0) is 9.53 Å². The summed E-state index contributed by atoms with van der Waals surface area (Å²) < 4.78 is 45.3. The number of alkyl halides is 3. The SMILES string of the molecule is C.CC.COCC(=O)C(C)C1CCC2[C@@H]3CC[C@@H]4C[C@@H](C(F)(F)F)CC[C@]4(C)C3CCC12C. The highest BCUT2D eigenvalue weighted by molar-refractivity contribution is 5.82. The summed E-state index contributed by atoms with van der Waals surface area (Å²) in [6, 6.07) is 0. The molecule has 4 aliphatic carbocycles. The number of hydrogen-bond acceptors (Lipinski definition) is 2. The minimum Gasteiger partial charge on any atom is -0.377 e. The molecule has 5 unspecified atom stereocenters. The minimum atomic E-state index is -4.03. The molecule has 4 rings (SSSR count). The van der Waals surface area contributed by atoms with Gasteiger partial charge in [-0.3, -0.25) is 4.79 Å². The number of fused-ring (bicyclic) bond motifs is 5. The van der Waals surface area contributed by atoms with Crippen LogP contribution in [0.1, 0.15) is 99.8 Å². The first-order valence-electron chi connectivity index (χ1n) is 13.1. The second-order valence-electron chi connectivity index (χ2n) is 11.6. The van der Waals surface area contributed by atoms with Crippen molar-refractivity contribution < 1.29 is 22.7 Å². The Morgan fingerprint density at radius 3 is 2.18 bits per heavy atom. The van der Waals surface area contributed by atoms with Gasteiger partial charge in [0.1, 0.15) is 6.61 Å². The molecule has 0 heterocycles. The van der Waals surface area contributed by atoms with Gasteiger partial charge in [-0.1, -0.05) is 42.0 Å². The van der Waals surface area contributed by atoms with Crippen LogP contribution in [0.5, 0.6) is 0 Å². The second-order valence-corrected chi connectivity index (χ2v) is 11.6. The molecule has 4 fully saturated rings. The van der Waals surface area contributed by atoms with E-state index < -0.39 is 12.1 Å². The molecule has 0 N–H and O–H groups in total. The maximum absolute atomic E-state index is 13.4. The molecule has 9 atom stereocenters. The zero-order valence-corrected chi connectivity index (χ0v) is 21.1. The Bertz CT molecular complexity index is 662. The lowest BCUT2D eigenvalue weighted by molar-refractivity contribution is -0.208. The van der Waals surface area contributed by atoms with Crippen LogP contribution >= 0.6 is 0 Å². The first-order valence-corrected chi connectivity index (χ1v) is 13.1. The Labute approximate surface area is 200 Å². The lowest BCUT2D eigenvalue weighted by Gasteiger charge is -2.61. The molecule has 2 nitrogen and oxygen atoms in total. The van der Waals surface area contributed by atoms with Gasteiger partial charge in [-0.15, -0.1) is 0 Å². The van der Waals surface area contributed by atoms with Gasteiger partial charge < -0.3 is 4.74 Å². The number of carbonyl (C=O) groups is 1. The van der Waals surface area contributed by atoms with Gasteiger partial charge in [0.2, 0.25) is 0 Å². The lowest BCUT2D eigenvalue weighted by Crippen LogP contribution is -2.54. The van der Waals surface area contributed by atoms with Crippen LogP contribution in [0.4, 0.5) is 13.2 Å². The third-order valence-electron chi connectivity index (χ3n) is 10.6. The quantitative estimate of drug-likeness (QED) is 0.409. The van der Waals surface area contributed by atoms with Crippen LogP contribution < -0.4 is 0 Å². The minimum absolute atomic E-state index is 0. The molecule has 194 valence electrons. The maximum atomic E-state index is 13.4. The van der Waals surface area contributed by atoms with Gasteiger partial charge in [0, 0.05) is 13.0 Å². The van der Waals surface area contributed by atoms with Crippen LogP contribution in [0.3, 0.4) is 0 Å². The van der Waals surface area contributed by atoms with Crippen molar-refractivity contribution in [1.29, 1.82) is 0 Å². The molecule has 33 heavy (non-hydrogen) atoms. The molecule has 4 saturated carbocycles. The van der Waals surface area contributed by atoms with Gasteiger partial charge in [0.05, 0.1) is 5.92 Å². The highest BCUT2D eigenvalue weighted by Crippen LogP contribution is 2.69. The van der Waals surface area contributed by atoms with Crippen LogP contribution in [-0.4, -0.2) is 25.7 Å². The van der Waals surface area contributed by atoms with Gasteiger partial charge in [0.25, 0.3) is 0 Å². The highest BCUT2D eigenvalue weighted by atomic mass is 19.4. The number of halogens is 3. The summed E-state index contributed by atoms with van der Waals surface area (Å²) in [6.45, 7) is 11.0. The van der Waals surface area contributed by atoms with Crippen LogP contribution in [0.25, 0.3) is 0 Å². The third kappa shape index (κ3) is 4.91. The van der Waals surface area contributed by atoms with Gasteiger partial charge in [-0.05, 0) is 98.2 Å². The van der Waals surface area contributed by atoms with Crippen LogP contribution in [0.15, 0.2) is 0 Å². The molecule has 0 bridgehead atoms. The fourth-order valence-electron chi connectivity index (χ4n) is 8.92. The Kier molecular flexibility index (Phi) is 9.19. The molecular formula is C28H49F3O2. The monoisotopic (exact) mass is 474 g/mol. The van der Waals surface area contributed by atoms with Crippen molar-refractivity contribution in [3.05, 3.63) is 0 Å². The zero-order valence-electron chi connectivity index (χ0n) is 21.1. The maximum Gasteiger partial charge on any atom is 0.391 e. The first kappa shape index (κ1) is 28.7. The van der Waals surface area contributed by atoms with E-state index in [0.717, 1.165) is 38.5 Å². The largest absolute Gasteiger partial charge is 0.391 e. The summed E-state index contributed by atoms with van der Waals surface area (Å²) in [6.07, 6.45) is 3.94. The molecule has 0 saturated heterocycles. The van der Waals surface area contributed by atoms with Gasteiger partial charge in [-0.2, -0.15) is 13.2 Å². The molecule has 0 radical (unpaired) electrons. The van der Waals surface area contributed by atoms with Crippen molar-refractivity contribution in [3.8, 4) is 0 Å². The van der Waals surface area contributed by atoms with Crippen molar-refractivity contribution in [1.82, 2.24) is 0 Å². The number of methoxy groups -OCH3 is 1. The van der Waals surface area contributed by atoms with E-state index in [-0.39, 0.29) is 42.5 Å². The number of Topliss-reactive ketones (excluding diaryl/α,β-unsaturated/α-hetero) is 1. The number of carbonyl (C=O) groups excluding carboxylic acids is 1. The fraction of sp³-hybridized carbons (Fsp3) is 0.964. The molecule has 0 spiro atoms. The van der Waals surface area contributed by atoms with E-state index in [1.165, 1.54) is 6.42 Å². The first-order chi connectivity index (χ1) is 15.0. The van der Waals surface area contributed by atoms with Crippen molar-refractivity contribution in [2.45, 2.75) is 106 Å². The molecule has 0 aromatic heterocycles. The van der Waals surface area contributed by atoms with Crippen LogP contribution in [0, 0.1) is 52.3 Å². The van der Waals surface area contributed by atoms with E-state index >= 15 is 0 Å². The molecular weight excluding hydrogens is 425 g/mol. The van der Waals surface area contributed by atoms with E-state index in [1.54, 1.807) is 7.11 Å². The van der Waals surface area contributed by atoms with Crippen molar-refractivity contribution in [3.63, 3.8) is 0 Å². The Morgan fingerprint density at radius 2 is 1.58 bits per heavy atom. The van der Waals surface area contributed by atoms with Gasteiger partial charge >= 0.3 is 6.18 Å². The third-order valence-corrected chi connectivity index (χ3v) is 10.6. The number of ketones is 1. The summed E-state index contributed by atoms with van der Waals surface area (Å²) in [5.41, 5.74) is 0.262. The van der Waals surface area contributed by atoms with E-state index in [9.17, 15) is 18.0 Å². The van der Waals surface area contributed by atoms with E-state index in [0.29, 0.717) is 36.5 Å². The summed E-state index contributed by atoms with van der Waals surface area (Å²) in [5, 5.41) is 0. The van der Waals surface area contributed by atoms with Crippen molar-refractivity contribution in [2.75, 3.05) is 13.7 Å². The lowest BCUT2D eigenvalue weighted by atomic mass is 9.44. The Morgan fingerprint density at radius 1 is 0.970 bits per heavy atom. The summed E-state index contributed by atoms with van der Waals surface area (Å²) in [7, 11) is 1.58. The average molecular weight is 475 g/mol. The Hall–Kier alpha value is -0.580. The molecule has 0 aliphatic heterocycles. The van der Waals surface area contributed by atoms with E-state index in [2.05, 4.69) is 20.8 Å². The Balaban J connectivity index is 0.00000125. The average Bonchev–Trinajstić information content (AvgIpc) is 3.10. The summed E-state index contributed by atoms with van der Waals surface area (Å²) >= 11 is 0. The second kappa shape index (κ2) is 10.6. The van der Waals surface area contributed by atoms with E-state index in [4.69, 9.17) is 4.74 Å². The molecule has 0 aromatic rings. The van der Waals surface area contributed by atoms with Gasteiger partial charge in [0.15, 0.2) is 5.78 Å². The van der Waals surface area contributed by atoms with Crippen LogP contribution in [0.2, 0.25) is 0 Å². The molecule has 0 amide bonds. The molecule has 4 aliphatic rings.